The molecule has 0 aliphatic carbocycles. The van der Waals surface area contributed by atoms with E-state index in [9.17, 15) is 0 Å². The molecule has 6 heteroatoms. The summed E-state index contributed by atoms with van der Waals surface area (Å²) < 4.78 is 17.3. The molecule has 1 fully saturated rings. The summed E-state index contributed by atoms with van der Waals surface area (Å²) in [4.78, 5) is 4.47. The Kier molecular flexibility index (Phi) is 3.84. The lowest BCUT2D eigenvalue weighted by atomic mass is 9.84. The van der Waals surface area contributed by atoms with Gasteiger partial charge in [-0.2, -0.15) is 0 Å². The summed E-state index contributed by atoms with van der Waals surface area (Å²) in [6.07, 6.45) is 0. The van der Waals surface area contributed by atoms with E-state index in [1.807, 2.05) is 46.8 Å². The predicted molar refractivity (Wildman–Crippen MR) is 79.1 cm³/mol. The molecule has 0 radical (unpaired) electrons. The maximum atomic E-state index is 5.98. The lowest BCUT2D eigenvalue weighted by molar-refractivity contribution is 0.00578. The van der Waals surface area contributed by atoms with E-state index in [0.717, 1.165) is 5.56 Å². The van der Waals surface area contributed by atoms with Crippen molar-refractivity contribution in [1.29, 1.82) is 0 Å². The van der Waals surface area contributed by atoms with Gasteiger partial charge in [-0.05, 0) is 40.7 Å². The van der Waals surface area contributed by atoms with Crippen LogP contribution in [-0.4, -0.2) is 30.4 Å². The maximum absolute atomic E-state index is 5.98. The van der Waals surface area contributed by atoms with Gasteiger partial charge in [0.25, 0.3) is 0 Å². The van der Waals surface area contributed by atoms with Gasteiger partial charge in [-0.3, -0.25) is 0 Å². The van der Waals surface area contributed by atoms with Crippen molar-refractivity contribution < 1.29 is 14.0 Å². The van der Waals surface area contributed by atoms with Crippen molar-refractivity contribution in [2.24, 2.45) is 5.73 Å². The average Bonchev–Trinajstić information content (AvgIpc) is 2.57. The molecule has 1 aromatic rings. The van der Waals surface area contributed by atoms with Crippen LogP contribution in [0.15, 0.2) is 12.1 Å². The van der Waals surface area contributed by atoms with E-state index in [4.69, 9.17) is 19.8 Å². The van der Waals surface area contributed by atoms with Gasteiger partial charge in [0, 0.05) is 11.6 Å². The fourth-order valence-electron chi connectivity index (χ4n) is 2.07. The molecule has 110 valence electrons. The molecule has 1 aromatic heterocycles. The Labute approximate surface area is 121 Å². The number of hydrogen-bond acceptors (Lipinski definition) is 5. The predicted octanol–water partition coefficient (Wildman–Crippen LogP) is 1.41. The third-order valence-corrected chi connectivity index (χ3v) is 4.09. The zero-order valence-electron chi connectivity index (χ0n) is 13.1. The van der Waals surface area contributed by atoms with E-state index in [1.165, 1.54) is 0 Å². The van der Waals surface area contributed by atoms with Gasteiger partial charge in [-0.25, -0.2) is 4.98 Å². The molecule has 5 nitrogen and oxygen atoms in total. The van der Waals surface area contributed by atoms with Crippen LogP contribution in [0.3, 0.4) is 0 Å². The molecule has 1 saturated heterocycles. The molecule has 2 heterocycles. The first-order valence-corrected chi connectivity index (χ1v) is 6.84. The molecule has 2 rings (SSSR count). The van der Waals surface area contributed by atoms with Gasteiger partial charge in [0.05, 0.1) is 23.9 Å². The SMILES string of the molecule is COc1nc(B2OC(C)(C)C(C)(C)O2)ccc1C(C)N. The molecular weight excluding hydrogens is 255 g/mol. The zero-order chi connectivity index (χ0) is 15.1. The first-order chi connectivity index (χ1) is 9.18. The van der Waals surface area contributed by atoms with Crippen LogP contribution in [0.2, 0.25) is 0 Å². The van der Waals surface area contributed by atoms with Crippen molar-refractivity contribution in [1.82, 2.24) is 4.98 Å². The number of aromatic nitrogens is 1. The summed E-state index contributed by atoms with van der Waals surface area (Å²) in [5, 5.41) is 0. The number of nitrogens with zero attached hydrogens (tertiary/aromatic N) is 1. The van der Waals surface area contributed by atoms with Crippen molar-refractivity contribution in [3.05, 3.63) is 17.7 Å². The second kappa shape index (κ2) is 5.02. The molecule has 0 amide bonds. The lowest BCUT2D eigenvalue weighted by Gasteiger charge is -2.32. The number of methoxy groups -OCH3 is 1. The molecule has 1 aliphatic heterocycles. The quantitative estimate of drug-likeness (QED) is 0.847. The fourth-order valence-corrected chi connectivity index (χ4v) is 2.07. The van der Waals surface area contributed by atoms with E-state index in [2.05, 4.69) is 4.98 Å². The Morgan fingerprint density at radius 1 is 1.20 bits per heavy atom. The van der Waals surface area contributed by atoms with Crippen molar-refractivity contribution >= 4 is 12.7 Å². The highest BCUT2D eigenvalue weighted by molar-refractivity contribution is 6.61. The van der Waals surface area contributed by atoms with Crippen LogP contribution in [0.25, 0.3) is 0 Å². The number of nitrogens with two attached hydrogens (primary N) is 1. The van der Waals surface area contributed by atoms with Crippen LogP contribution in [0.5, 0.6) is 5.88 Å². The number of ether oxygens (including phenoxy) is 1. The van der Waals surface area contributed by atoms with E-state index in [1.54, 1.807) is 7.11 Å². The molecule has 0 bridgehead atoms. The Hall–Kier alpha value is -1.11. The molecule has 0 saturated carbocycles. The van der Waals surface area contributed by atoms with E-state index >= 15 is 0 Å². The van der Waals surface area contributed by atoms with Gasteiger partial charge in [0.1, 0.15) is 0 Å². The summed E-state index contributed by atoms with van der Waals surface area (Å²) in [7, 11) is 1.10. The van der Waals surface area contributed by atoms with Crippen LogP contribution >= 0.6 is 0 Å². The number of pyridine rings is 1. The highest BCUT2D eigenvalue weighted by Gasteiger charge is 2.52. The van der Waals surface area contributed by atoms with Gasteiger partial charge >= 0.3 is 7.12 Å². The summed E-state index contributed by atoms with van der Waals surface area (Å²) in [5.41, 5.74) is 6.70. The van der Waals surface area contributed by atoms with E-state index < -0.39 is 7.12 Å². The van der Waals surface area contributed by atoms with Crippen molar-refractivity contribution in [2.75, 3.05) is 7.11 Å². The highest BCUT2D eigenvalue weighted by Crippen LogP contribution is 2.36. The van der Waals surface area contributed by atoms with Crippen LogP contribution < -0.4 is 16.1 Å². The normalized spacial score (nSPS) is 21.9. The summed E-state index contributed by atoms with van der Waals surface area (Å²) in [5.74, 6) is 0.521. The summed E-state index contributed by atoms with van der Waals surface area (Å²) in [6, 6.07) is 3.66. The molecule has 0 spiro atoms. The van der Waals surface area contributed by atoms with Crippen molar-refractivity contribution in [2.45, 2.75) is 51.9 Å². The van der Waals surface area contributed by atoms with Crippen LogP contribution in [0, 0.1) is 0 Å². The second-order valence-electron chi connectivity index (χ2n) is 6.21. The van der Waals surface area contributed by atoms with Gasteiger partial charge in [0.15, 0.2) is 0 Å². The van der Waals surface area contributed by atoms with E-state index in [-0.39, 0.29) is 17.2 Å². The zero-order valence-corrected chi connectivity index (χ0v) is 13.1. The first-order valence-electron chi connectivity index (χ1n) is 6.84. The van der Waals surface area contributed by atoms with Gasteiger partial charge in [-0.15, -0.1) is 0 Å². The third kappa shape index (κ3) is 2.55. The fraction of sp³-hybridized carbons (Fsp3) is 0.643. The second-order valence-corrected chi connectivity index (χ2v) is 6.21. The molecule has 1 atom stereocenters. The Morgan fingerprint density at radius 2 is 1.75 bits per heavy atom. The monoisotopic (exact) mass is 278 g/mol. The van der Waals surface area contributed by atoms with Gasteiger partial charge in [-0.1, -0.05) is 6.07 Å². The molecular formula is C14H23BN2O3. The smallest absolute Gasteiger partial charge is 0.481 e. The van der Waals surface area contributed by atoms with Crippen LogP contribution in [-0.2, 0) is 9.31 Å². The Morgan fingerprint density at radius 3 is 2.20 bits per heavy atom. The van der Waals surface area contributed by atoms with Crippen molar-refractivity contribution in [3.8, 4) is 5.88 Å². The van der Waals surface area contributed by atoms with Gasteiger partial charge < -0.3 is 19.8 Å². The summed E-state index contributed by atoms with van der Waals surface area (Å²) >= 11 is 0. The largest absolute Gasteiger partial charge is 0.514 e. The van der Waals surface area contributed by atoms with E-state index in [0.29, 0.717) is 11.5 Å². The average molecular weight is 278 g/mol. The molecule has 0 aromatic carbocycles. The number of rotatable bonds is 3. The van der Waals surface area contributed by atoms with Gasteiger partial charge in [0.2, 0.25) is 5.88 Å². The standard InChI is InChI=1S/C14H23BN2O3/c1-9(16)10-7-8-11(17-12(10)18-6)15-19-13(2,3)14(4,5)20-15/h7-9H,16H2,1-6H3. The maximum Gasteiger partial charge on any atom is 0.514 e. The highest BCUT2D eigenvalue weighted by atomic mass is 16.7. The third-order valence-electron chi connectivity index (χ3n) is 4.09. The first kappa shape index (κ1) is 15.3. The number of hydrogen-bond donors (Lipinski definition) is 1. The minimum Gasteiger partial charge on any atom is -0.481 e. The molecule has 20 heavy (non-hydrogen) atoms. The van der Waals surface area contributed by atoms with Crippen molar-refractivity contribution in [3.63, 3.8) is 0 Å². The Balaban J connectivity index is 2.32. The summed E-state index contributed by atoms with van der Waals surface area (Å²) in [6.45, 7) is 9.95. The topological polar surface area (TPSA) is 66.6 Å². The molecule has 2 N–H and O–H groups in total. The Bertz CT molecular complexity index is 487. The minimum atomic E-state index is -0.490. The minimum absolute atomic E-state index is 0.134. The molecule has 1 unspecified atom stereocenters. The van der Waals surface area contributed by atoms with Crippen LogP contribution in [0.1, 0.15) is 46.2 Å². The van der Waals surface area contributed by atoms with Crippen LogP contribution in [0.4, 0.5) is 0 Å². The lowest BCUT2D eigenvalue weighted by Crippen LogP contribution is -2.41. The molecule has 1 aliphatic rings.